The fraction of sp³-hybridized carbons (Fsp3) is 0.889. The van der Waals surface area contributed by atoms with Gasteiger partial charge in [0.25, 0.3) is 0 Å². The summed E-state index contributed by atoms with van der Waals surface area (Å²) < 4.78 is 17.4. The third-order valence-electron chi connectivity index (χ3n) is 10.5. The molecule has 6 nitrogen and oxygen atoms in total. The van der Waals surface area contributed by atoms with E-state index >= 15 is 0 Å². The van der Waals surface area contributed by atoms with Crippen molar-refractivity contribution in [2.24, 2.45) is 34.5 Å². The van der Waals surface area contributed by atoms with E-state index in [2.05, 4.69) is 13.8 Å². The molecular weight excluding hydrogens is 420 g/mol. The molecule has 0 N–H and O–H groups in total. The van der Waals surface area contributed by atoms with Crippen LogP contribution in [-0.2, 0) is 28.6 Å². The zero-order chi connectivity index (χ0) is 24.2. The van der Waals surface area contributed by atoms with Gasteiger partial charge in [-0.05, 0) is 93.8 Å². The lowest BCUT2D eigenvalue weighted by atomic mass is 9.44. The van der Waals surface area contributed by atoms with Crippen molar-refractivity contribution in [3.8, 4) is 0 Å². The largest absolute Gasteiger partial charge is 0.463 e. The van der Waals surface area contributed by atoms with E-state index < -0.39 is 11.7 Å². The quantitative estimate of drug-likeness (QED) is 0.421. The molecule has 0 heterocycles. The molecule has 0 bridgehead atoms. The molecule has 9 atom stereocenters. The van der Waals surface area contributed by atoms with Crippen molar-refractivity contribution in [2.45, 2.75) is 117 Å². The molecule has 33 heavy (non-hydrogen) atoms. The second kappa shape index (κ2) is 8.57. The molecule has 0 aliphatic heterocycles. The second-order valence-corrected chi connectivity index (χ2v) is 11.9. The average molecular weight is 463 g/mol. The van der Waals surface area contributed by atoms with Gasteiger partial charge in [0.05, 0.1) is 0 Å². The van der Waals surface area contributed by atoms with Crippen molar-refractivity contribution >= 4 is 17.9 Å². The minimum atomic E-state index is -0.759. The predicted molar refractivity (Wildman–Crippen MR) is 123 cm³/mol. The number of esters is 3. The molecule has 4 fully saturated rings. The van der Waals surface area contributed by atoms with Gasteiger partial charge in [0.15, 0.2) is 5.60 Å². The summed E-state index contributed by atoms with van der Waals surface area (Å²) in [5.41, 5.74) is -0.688. The first-order chi connectivity index (χ1) is 15.4. The number of rotatable bonds is 4. The van der Waals surface area contributed by atoms with E-state index in [1.165, 1.54) is 33.6 Å². The first-order valence-electron chi connectivity index (χ1n) is 13.0. The molecule has 6 heteroatoms. The average Bonchev–Trinajstić information content (AvgIpc) is 3.00. The SMILES string of the molecule is CC(=O)O[C@@H]1CC[C@@]2(C)[C@@H](CC[C@H]3[C@H]2CC[C@]2(C)[C@@H]3CC[C@]2(OC(C)=O)[C@@H](C)OC(C)=O)C1. The molecule has 0 aromatic carbocycles. The summed E-state index contributed by atoms with van der Waals surface area (Å²) in [6.45, 7) is 11.1. The number of carbonyl (C=O) groups excluding carboxylic acids is 3. The summed E-state index contributed by atoms with van der Waals surface area (Å²) in [7, 11) is 0. The van der Waals surface area contributed by atoms with Gasteiger partial charge in [-0.1, -0.05) is 13.8 Å². The Hall–Kier alpha value is -1.59. The van der Waals surface area contributed by atoms with Gasteiger partial charge in [-0.15, -0.1) is 0 Å². The monoisotopic (exact) mass is 462 g/mol. The van der Waals surface area contributed by atoms with E-state index in [1.54, 1.807) is 0 Å². The Morgan fingerprint density at radius 1 is 0.818 bits per heavy atom. The van der Waals surface area contributed by atoms with Crippen LogP contribution >= 0.6 is 0 Å². The van der Waals surface area contributed by atoms with E-state index in [0.717, 1.165) is 44.9 Å². The van der Waals surface area contributed by atoms with Gasteiger partial charge in [0.2, 0.25) is 0 Å². The van der Waals surface area contributed by atoms with Crippen LogP contribution in [0.3, 0.4) is 0 Å². The molecule has 4 aliphatic rings. The zero-order valence-electron chi connectivity index (χ0n) is 21.3. The molecule has 186 valence electrons. The van der Waals surface area contributed by atoms with Gasteiger partial charge in [0.1, 0.15) is 12.2 Å². The molecule has 4 rings (SSSR count). The van der Waals surface area contributed by atoms with Crippen LogP contribution in [0.15, 0.2) is 0 Å². The van der Waals surface area contributed by atoms with Gasteiger partial charge in [-0.2, -0.15) is 0 Å². The van der Waals surface area contributed by atoms with Crippen LogP contribution in [0.25, 0.3) is 0 Å². The van der Waals surface area contributed by atoms with Crippen LogP contribution in [-0.4, -0.2) is 35.7 Å². The Bertz CT molecular complexity index is 808. The van der Waals surface area contributed by atoms with Gasteiger partial charge >= 0.3 is 17.9 Å². The molecule has 0 aromatic heterocycles. The Morgan fingerprint density at radius 2 is 1.52 bits per heavy atom. The molecule has 4 saturated carbocycles. The fourth-order valence-corrected chi connectivity index (χ4v) is 9.11. The minimum Gasteiger partial charge on any atom is -0.463 e. The molecule has 4 aliphatic carbocycles. The molecule has 0 spiro atoms. The maximum absolute atomic E-state index is 12.2. The van der Waals surface area contributed by atoms with Crippen molar-refractivity contribution in [1.29, 1.82) is 0 Å². The molecule has 0 saturated heterocycles. The van der Waals surface area contributed by atoms with Crippen LogP contribution in [0.2, 0.25) is 0 Å². The van der Waals surface area contributed by atoms with Crippen LogP contribution in [0.4, 0.5) is 0 Å². The van der Waals surface area contributed by atoms with Crippen LogP contribution in [0, 0.1) is 34.5 Å². The van der Waals surface area contributed by atoms with E-state index in [-0.39, 0.29) is 34.8 Å². The summed E-state index contributed by atoms with van der Waals surface area (Å²) in [5.74, 6) is 1.51. The third-order valence-corrected chi connectivity index (χ3v) is 10.5. The lowest BCUT2D eigenvalue weighted by molar-refractivity contribution is -0.219. The number of carbonyl (C=O) groups is 3. The maximum Gasteiger partial charge on any atom is 0.303 e. The summed E-state index contributed by atoms with van der Waals surface area (Å²) in [6.07, 6.45) is 8.85. The number of hydrogen-bond donors (Lipinski definition) is 0. The Balaban J connectivity index is 1.59. The van der Waals surface area contributed by atoms with E-state index in [4.69, 9.17) is 14.2 Å². The smallest absolute Gasteiger partial charge is 0.303 e. The number of fused-ring (bicyclic) bond motifs is 5. The maximum atomic E-state index is 12.2. The standard InChI is InChI=1S/C27H42O6/c1-16(31-17(2)28)27(33-19(4)30)14-11-24-22-8-7-20-15-21(32-18(3)29)9-12-25(20,5)23(22)10-13-26(24,27)6/h16,20-24H,7-15H2,1-6H3/t16-,20+,21-,22+,23-,24-,25+,26-,27+/m1/s1. The topological polar surface area (TPSA) is 78.9 Å². The number of hydrogen-bond acceptors (Lipinski definition) is 6. The Morgan fingerprint density at radius 3 is 2.15 bits per heavy atom. The van der Waals surface area contributed by atoms with Crippen molar-refractivity contribution in [3.05, 3.63) is 0 Å². The van der Waals surface area contributed by atoms with E-state index in [0.29, 0.717) is 23.7 Å². The summed E-state index contributed by atoms with van der Waals surface area (Å²) in [4.78, 5) is 35.6. The fourth-order valence-electron chi connectivity index (χ4n) is 9.11. The zero-order valence-corrected chi connectivity index (χ0v) is 21.3. The lowest BCUT2D eigenvalue weighted by Gasteiger charge is -2.62. The van der Waals surface area contributed by atoms with Crippen molar-refractivity contribution < 1.29 is 28.6 Å². The molecule has 0 aromatic rings. The van der Waals surface area contributed by atoms with Crippen molar-refractivity contribution in [3.63, 3.8) is 0 Å². The highest BCUT2D eigenvalue weighted by atomic mass is 16.6. The highest BCUT2D eigenvalue weighted by Gasteiger charge is 2.68. The van der Waals surface area contributed by atoms with Gasteiger partial charge < -0.3 is 14.2 Å². The van der Waals surface area contributed by atoms with Crippen LogP contribution in [0.5, 0.6) is 0 Å². The minimum absolute atomic E-state index is 0.0682. The molecule has 0 radical (unpaired) electrons. The van der Waals surface area contributed by atoms with Gasteiger partial charge in [-0.3, -0.25) is 14.4 Å². The van der Waals surface area contributed by atoms with Crippen molar-refractivity contribution in [2.75, 3.05) is 0 Å². The van der Waals surface area contributed by atoms with Gasteiger partial charge in [0, 0.05) is 26.2 Å². The summed E-state index contributed by atoms with van der Waals surface area (Å²) in [6, 6.07) is 0. The van der Waals surface area contributed by atoms with Crippen molar-refractivity contribution in [1.82, 2.24) is 0 Å². The summed E-state index contributed by atoms with van der Waals surface area (Å²) >= 11 is 0. The molecular formula is C27H42O6. The second-order valence-electron chi connectivity index (χ2n) is 11.9. The Labute approximate surface area is 198 Å². The lowest BCUT2D eigenvalue weighted by Crippen LogP contribution is -2.61. The summed E-state index contributed by atoms with van der Waals surface area (Å²) in [5, 5.41) is 0. The molecule has 0 amide bonds. The predicted octanol–water partition coefficient (Wildman–Crippen LogP) is 5.21. The first kappa shape index (κ1) is 24.5. The number of ether oxygens (including phenoxy) is 3. The normalized spacial score (nSPS) is 45.1. The third kappa shape index (κ3) is 3.89. The highest BCUT2D eigenvalue weighted by molar-refractivity contribution is 5.68. The van der Waals surface area contributed by atoms with Crippen LogP contribution < -0.4 is 0 Å². The van der Waals surface area contributed by atoms with Crippen LogP contribution in [0.1, 0.15) is 99.3 Å². The first-order valence-corrected chi connectivity index (χ1v) is 13.0. The molecule has 0 unspecified atom stereocenters. The van der Waals surface area contributed by atoms with E-state index in [9.17, 15) is 14.4 Å². The highest BCUT2D eigenvalue weighted by Crippen LogP contribution is 2.69. The Kier molecular flexibility index (Phi) is 6.37. The van der Waals surface area contributed by atoms with Gasteiger partial charge in [-0.25, -0.2) is 0 Å². The van der Waals surface area contributed by atoms with E-state index in [1.807, 2.05) is 6.92 Å².